The van der Waals surface area contributed by atoms with Crippen LogP contribution in [0.4, 0.5) is 0 Å². The fourth-order valence-corrected chi connectivity index (χ4v) is 2.34. The summed E-state index contributed by atoms with van der Waals surface area (Å²) < 4.78 is 6.87. The van der Waals surface area contributed by atoms with Gasteiger partial charge in [0, 0.05) is 18.7 Å². The highest BCUT2D eigenvalue weighted by molar-refractivity contribution is 5.13. The summed E-state index contributed by atoms with van der Waals surface area (Å²) in [6.07, 6.45) is 5.13. The first-order valence-electron chi connectivity index (χ1n) is 7.33. The van der Waals surface area contributed by atoms with Crippen LogP contribution in [0.1, 0.15) is 26.2 Å². The Labute approximate surface area is 119 Å². The summed E-state index contributed by atoms with van der Waals surface area (Å²) in [5.41, 5.74) is 5.48. The third-order valence-corrected chi connectivity index (χ3v) is 3.40. The van der Waals surface area contributed by atoms with Crippen molar-refractivity contribution in [1.82, 2.24) is 14.7 Å². The Morgan fingerprint density at radius 2 is 2.15 bits per heavy atom. The van der Waals surface area contributed by atoms with Gasteiger partial charge in [0.15, 0.2) is 0 Å². The van der Waals surface area contributed by atoms with Crippen molar-refractivity contribution in [2.75, 3.05) is 26.2 Å². The molecule has 1 fully saturated rings. The molecular formula is C14H24N4O2. The minimum absolute atomic E-state index is 0.0575. The van der Waals surface area contributed by atoms with Gasteiger partial charge in [-0.3, -0.25) is 4.79 Å². The number of nitrogens with zero attached hydrogens (tertiary/aromatic N) is 3. The number of aromatic nitrogens is 2. The average Bonchev–Trinajstić information content (AvgIpc) is 2.92. The lowest BCUT2D eigenvalue weighted by molar-refractivity contribution is 0.291. The summed E-state index contributed by atoms with van der Waals surface area (Å²) in [6.45, 7) is 6.31. The SMILES string of the molecule is CC(N)COc1cnn(CCCN2CCCC2)c(=O)c1. The molecule has 1 aromatic heterocycles. The third-order valence-electron chi connectivity index (χ3n) is 3.40. The lowest BCUT2D eigenvalue weighted by Crippen LogP contribution is -2.27. The van der Waals surface area contributed by atoms with Crippen LogP contribution in [-0.2, 0) is 6.54 Å². The first-order chi connectivity index (χ1) is 9.65. The largest absolute Gasteiger partial charge is 0.490 e. The molecule has 0 saturated carbocycles. The molecule has 1 aromatic rings. The van der Waals surface area contributed by atoms with Gasteiger partial charge in [0.1, 0.15) is 12.4 Å². The maximum absolute atomic E-state index is 11.9. The van der Waals surface area contributed by atoms with Crippen molar-refractivity contribution in [3.63, 3.8) is 0 Å². The number of aryl methyl sites for hydroxylation is 1. The van der Waals surface area contributed by atoms with E-state index in [4.69, 9.17) is 10.5 Å². The molecule has 0 bridgehead atoms. The van der Waals surface area contributed by atoms with Gasteiger partial charge in [-0.2, -0.15) is 5.10 Å². The lowest BCUT2D eigenvalue weighted by Gasteiger charge is -2.14. The van der Waals surface area contributed by atoms with Crippen LogP contribution in [0.15, 0.2) is 17.1 Å². The minimum Gasteiger partial charge on any atom is -0.490 e. The van der Waals surface area contributed by atoms with E-state index in [0.29, 0.717) is 18.9 Å². The molecular weight excluding hydrogens is 256 g/mol. The van der Waals surface area contributed by atoms with E-state index in [0.717, 1.165) is 13.0 Å². The van der Waals surface area contributed by atoms with Crippen LogP contribution in [0.25, 0.3) is 0 Å². The van der Waals surface area contributed by atoms with E-state index in [-0.39, 0.29) is 11.6 Å². The van der Waals surface area contributed by atoms with Crippen molar-refractivity contribution in [2.45, 2.75) is 38.8 Å². The zero-order valence-electron chi connectivity index (χ0n) is 12.1. The first kappa shape index (κ1) is 15.0. The Bertz CT molecular complexity index is 466. The zero-order valence-corrected chi connectivity index (χ0v) is 12.1. The van der Waals surface area contributed by atoms with Gasteiger partial charge >= 0.3 is 0 Å². The van der Waals surface area contributed by atoms with E-state index >= 15 is 0 Å². The van der Waals surface area contributed by atoms with Gasteiger partial charge in [-0.25, -0.2) is 4.68 Å². The lowest BCUT2D eigenvalue weighted by atomic mass is 10.4. The average molecular weight is 280 g/mol. The second kappa shape index (κ2) is 7.40. The van der Waals surface area contributed by atoms with E-state index in [2.05, 4.69) is 10.00 Å². The van der Waals surface area contributed by atoms with E-state index in [1.807, 2.05) is 6.92 Å². The molecule has 20 heavy (non-hydrogen) atoms. The molecule has 1 atom stereocenters. The van der Waals surface area contributed by atoms with Crippen molar-refractivity contribution in [1.29, 1.82) is 0 Å². The standard InChI is InChI=1S/C14H24N4O2/c1-12(15)11-20-13-9-14(19)18(16-10-13)8-4-7-17-5-2-3-6-17/h9-10,12H,2-8,11,15H2,1H3. The molecule has 0 spiro atoms. The first-order valence-corrected chi connectivity index (χ1v) is 7.33. The normalized spacial score (nSPS) is 17.3. The molecule has 1 saturated heterocycles. The molecule has 112 valence electrons. The number of ether oxygens (including phenoxy) is 1. The Balaban J connectivity index is 1.81. The fourth-order valence-electron chi connectivity index (χ4n) is 2.34. The van der Waals surface area contributed by atoms with E-state index in [9.17, 15) is 4.79 Å². The van der Waals surface area contributed by atoms with Crippen LogP contribution in [0.5, 0.6) is 5.75 Å². The molecule has 2 heterocycles. The van der Waals surface area contributed by atoms with Crippen molar-refractivity contribution >= 4 is 0 Å². The van der Waals surface area contributed by atoms with Crippen LogP contribution < -0.4 is 16.0 Å². The quantitative estimate of drug-likeness (QED) is 0.785. The molecule has 0 amide bonds. The second-order valence-electron chi connectivity index (χ2n) is 5.44. The molecule has 6 nitrogen and oxygen atoms in total. The molecule has 0 aliphatic carbocycles. The highest BCUT2D eigenvalue weighted by Gasteiger charge is 2.10. The van der Waals surface area contributed by atoms with E-state index < -0.39 is 0 Å². The third kappa shape index (κ3) is 4.61. The monoisotopic (exact) mass is 280 g/mol. The number of nitrogens with two attached hydrogens (primary N) is 1. The van der Waals surface area contributed by atoms with Crippen molar-refractivity contribution < 1.29 is 4.74 Å². The Morgan fingerprint density at radius 1 is 1.40 bits per heavy atom. The smallest absolute Gasteiger partial charge is 0.270 e. The molecule has 6 heteroatoms. The summed E-state index contributed by atoms with van der Waals surface area (Å²) >= 11 is 0. The summed E-state index contributed by atoms with van der Waals surface area (Å²) in [5.74, 6) is 0.489. The van der Waals surface area contributed by atoms with Gasteiger partial charge < -0.3 is 15.4 Å². The van der Waals surface area contributed by atoms with Crippen LogP contribution in [0, 0.1) is 0 Å². The van der Waals surface area contributed by atoms with Crippen molar-refractivity contribution in [2.24, 2.45) is 5.73 Å². The Kier molecular flexibility index (Phi) is 5.55. The predicted octanol–water partition coefficient (Wildman–Crippen LogP) is 0.455. The summed E-state index contributed by atoms with van der Waals surface area (Å²) in [5, 5.41) is 4.14. The van der Waals surface area contributed by atoms with Crippen LogP contribution in [-0.4, -0.2) is 47.0 Å². The molecule has 2 rings (SSSR count). The van der Waals surface area contributed by atoms with Gasteiger partial charge in [0.25, 0.3) is 5.56 Å². The maximum atomic E-state index is 11.9. The molecule has 0 radical (unpaired) electrons. The molecule has 1 aliphatic heterocycles. The zero-order chi connectivity index (χ0) is 14.4. The number of hydrogen-bond donors (Lipinski definition) is 1. The van der Waals surface area contributed by atoms with Gasteiger partial charge in [0.05, 0.1) is 6.20 Å². The number of rotatable bonds is 7. The molecule has 1 aliphatic rings. The Morgan fingerprint density at radius 3 is 2.80 bits per heavy atom. The molecule has 0 aromatic carbocycles. The van der Waals surface area contributed by atoms with Crippen LogP contribution >= 0.6 is 0 Å². The second-order valence-corrected chi connectivity index (χ2v) is 5.44. The topological polar surface area (TPSA) is 73.4 Å². The van der Waals surface area contributed by atoms with Gasteiger partial charge in [-0.05, 0) is 45.8 Å². The van der Waals surface area contributed by atoms with Crippen LogP contribution in [0.2, 0.25) is 0 Å². The fraction of sp³-hybridized carbons (Fsp3) is 0.714. The number of hydrogen-bond acceptors (Lipinski definition) is 5. The summed E-state index contributed by atoms with van der Waals surface area (Å²) in [4.78, 5) is 14.3. The maximum Gasteiger partial charge on any atom is 0.270 e. The minimum atomic E-state index is -0.117. The predicted molar refractivity (Wildman–Crippen MR) is 77.9 cm³/mol. The summed E-state index contributed by atoms with van der Waals surface area (Å²) in [6, 6.07) is 1.42. The van der Waals surface area contributed by atoms with Crippen molar-refractivity contribution in [3.8, 4) is 5.75 Å². The summed E-state index contributed by atoms with van der Waals surface area (Å²) in [7, 11) is 0. The van der Waals surface area contributed by atoms with Gasteiger partial charge in [-0.15, -0.1) is 0 Å². The van der Waals surface area contributed by atoms with Crippen molar-refractivity contribution in [3.05, 3.63) is 22.6 Å². The Hall–Kier alpha value is -1.40. The van der Waals surface area contributed by atoms with E-state index in [1.54, 1.807) is 6.20 Å². The van der Waals surface area contributed by atoms with Gasteiger partial charge in [-0.1, -0.05) is 0 Å². The highest BCUT2D eigenvalue weighted by Crippen LogP contribution is 2.08. The molecule has 1 unspecified atom stereocenters. The molecule has 2 N–H and O–H groups in total. The van der Waals surface area contributed by atoms with E-state index in [1.165, 1.54) is 36.7 Å². The number of likely N-dealkylation sites (tertiary alicyclic amines) is 1. The van der Waals surface area contributed by atoms with Crippen LogP contribution in [0.3, 0.4) is 0 Å². The highest BCUT2D eigenvalue weighted by atomic mass is 16.5. The van der Waals surface area contributed by atoms with Gasteiger partial charge in [0.2, 0.25) is 0 Å².